The Hall–Kier alpha value is -2.40. The summed E-state index contributed by atoms with van der Waals surface area (Å²) in [5, 5.41) is 12.3. The molecule has 2 fully saturated rings. The van der Waals surface area contributed by atoms with Crippen LogP contribution in [-0.2, 0) is 9.53 Å². The maximum atomic E-state index is 13.0. The Morgan fingerprint density at radius 2 is 2.00 bits per heavy atom. The van der Waals surface area contributed by atoms with Crippen LogP contribution in [0, 0.1) is 11.3 Å². The number of nitriles is 1. The van der Waals surface area contributed by atoms with E-state index < -0.39 is 17.7 Å². The van der Waals surface area contributed by atoms with Gasteiger partial charge in [0.1, 0.15) is 11.6 Å². The fraction of sp³-hybridized carbons (Fsp3) is 0.550. The third-order valence-corrected chi connectivity index (χ3v) is 5.63. The molecule has 0 bridgehead atoms. The first-order chi connectivity index (χ1) is 13.3. The third-order valence-electron chi connectivity index (χ3n) is 4.66. The second-order valence-electron chi connectivity index (χ2n) is 8.05. The summed E-state index contributed by atoms with van der Waals surface area (Å²) in [6.45, 7) is 6.58. The number of hydrogen-bond donors (Lipinski definition) is 1. The minimum Gasteiger partial charge on any atom is -0.444 e. The Morgan fingerprint density at radius 3 is 2.57 bits per heavy atom. The molecule has 0 unspecified atom stereocenters. The molecule has 7 nitrogen and oxygen atoms in total. The number of carbonyl (C=O) groups is 2. The predicted molar refractivity (Wildman–Crippen MR) is 109 cm³/mol. The van der Waals surface area contributed by atoms with Gasteiger partial charge in [0.05, 0.1) is 17.5 Å². The van der Waals surface area contributed by atoms with Crippen molar-refractivity contribution in [2.24, 2.45) is 0 Å². The number of nitrogens with zero attached hydrogens (tertiary/aromatic N) is 3. The van der Waals surface area contributed by atoms with Crippen LogP contribution < -0.4 is 5.32 Å². The first kappa shape index (κ1) is 20.3. The van der Waals surface area contributed by atoms with Gasteiger partial charge < -0.3 is 15.0 Å². The van der Waals surface area contributed by atoms with Crippen molar-refractivity contribution in [1.82, 2.24) is 9.80 Å². The SMILES string of the molecule is CC(C)(C)OC(=O)N1C[C@@H](Nc2ccc(C#N)cc2)C[C@H]1C(=O)N1CCSC1. The molecule has 3 rings (SSSR count). The number of anilines is 1. The molecule has 2 atom stereocenters. The smallest absolute Gasteiger partial charge is 0.411 e. The highest BCUT2D eigenvalue weighted by Crippen LogP contribution is 2.27. The van der Waals surface area contributed by atoms with E-state index in [0.717, 1.165) is 18.0 Å². The first-order valence-electron chi connectivity index (χ1n) is 9.40. The summed E-state index contributed by atoms with van der Waals surface area (Å²) >= 11 is 1.72. The minimum absolute atomic E-state index is 0.0139. The molecule has 2 heterocycles. The van der Waals surface area contributed by atoms with Gasteiger partial charge in [0.2, 0.25) is 5.91 Å². The summed E-state index contributed by atoms with van der Waals surface area (Å²) in [4.78, 5) is 29.1. The Labute approximate surface area is 170 Å². The zero-order valence-corrected chi connectivity index (χ0v) is 17.3. The standard InChI is InChI=1S/C20H26N4O3S/c1-20(2,3)27-19(26)24-12-16(22-15-6-4-14(11-21)5-7-15)10-17(24)18(25)23-8-9-28-13-23/h4-7,16-17,22H,8-10,12-13H2,1-3H3/t16-,17-/m0/s1. The summed E-state index contributed by atoms with van der Waals surface area (Å²) in [6, 6.07) is 8.66. The average molecular weight is 403 g/mol. The number of ether oxygens (including phenoxy) is 1. The van der Waals surface area contributed by atoms with E-state index in [2.05, 4.69) is 11.4 Å². The van der Waals surface area contributed by atoms with E-state index in [0.29, 0.717) is 24.4 Å². The number of nitrogens with one attached hydrogen (secondary N) is 1. The third kappa shape index (κ3) is 4.90. The lowest BCUT2D eigenvalue weighted by atomic mass is 10.1. The van der Waals surface area contributed by atoms with Crippen LogP contribution in [0.4, 0.5) is 10.5 Å². The first-order valence-corrected chi connectivity index (χ1v) is 10.5. The Bertz CT molecular complexity index is 763. The second kappa shape index (κ2) is 8.31. The van der Waals surface area contributed by atoms with Crippen LogP contribution >= 0.6 is 11.8 Å². The van der Waals surface area contributed by atoms with Gasteiger partial charge in [-0.25, -0.2) is 4.79 Å². The molecule has 1 N–H and O–H groups in total. The summed E-state index contributed by atoms with van der Waals surface area (Å²) < 4.78 is 5.54. The van der Waals surface area contributed by atoms with E-state index in [1.54, 1.807) is 28.8 Å². The summed E-state index contributed by atoms with van der Waals surface area (Å²) in [7, 11) is 0. The number of benzene rings is 1. The average Bonchev–Trinajstić information content (AvgIpc) is 3.30. The van der Waals surface area contributed by atoms with Gasteiger partial charge in [-0.05, 0) is 51.5 Å². The molecule has 0 aliphatic carbocycles. The van der Waals surface area contributed by atoms with Crippen LogP contribution in [0.25, 0.3) is 0 Å². The van der Waals surface area contributed by atoms with E-state index in [4.69, 9.17) is 10.00 Å². The molecule has 28 heavy (non-hydrogen) atoms. The fourth-order valence-electron chi connectivity index (χ4n) is 3.37. The van der Waals surface area contributed by atoms with Crippen LogP contribution in [0.2, 0.25) is 0 Å². The molecule has 8 heteroatoms. The fourth-order valence-corrected chi connectivity index (χ4v) is 4.33. The zero-order chi connectivity index (χ0) is 20.3. The van der Waals surface area contributed by atoms with Gasteiger partial charge in [0.15, 0.2) is 0 Å². The van der Waals surface area contributed by atoms with Crippen molar-refractivity contribution >= 4 is 29.4 Å². The van der Waals surface area contributed by atoms with Crippen molar-refractivity contribution < 1.29 is 14.3 Å². The molecule has 0 spiro atoms. The predicted octanol–water partition coefficient (Wildman–Crippen LogP) is 2.88. The highest BCUT2D eigenvalue weighted by atomic mass is 32.2. The molecule has 150 valence electrons. The van der Waals surface area contributed by atoms with Gasteiger partial charge in [-0.2, -0.15) is 5.26 Å². The molecule has 0 radical (unpaired) electrons. The maximum absolute atomic E-state index is 13.0. The minimum atomic E-state index is -0.618. The normalized spacial score (nSPS) is 22.1. The van der Waals surface area contributed by atoms with E-state index in [-0.39, 0.29) is 11.9 Å². The monoisotopic (exact) mass is 402 g/mol. The topological polar surface area (TPSA) is 85.7 Å². The quantitative estimate of drug-likeness (QED) is 0.837. The van der Waals surface area contributed by atoms with Crippen molar-refractivity contribution in [3.63, 3.8) is 0 Å². The van der Waals surface area contributed by atoms with Gasteiger partial charge >= 0.3 is 6.09 Å². The van der Waals surface area contributed by atoms with Crippen LogP contribution in [0.1, 0.15) is 32.8 Å². The lowest BCUT2D eigenvalue weighted by molar-refractivity contribution is -0.134. The van der Waals surface area contributed by atoms with Gasteiger partial charge in [-0.15, -0.1) is 11.8 Å². The molecule has 2 aliphatic heterocycles. The number of thioether (sulfide) groups is 1. The van der Waals surface area contributed by atoms with Crippen LogP contribution in [-0.4, -0.2) is 64.2 Å². The Morgan fingerprint density at radius 1 is 1.29 bits per heavy atom. The second-order valence-corrected chi connectivity index (χ2v) is 9.13. The number of carbonyl (C=O) groups excluding carboxylic acids is 2. The van der Waals surface area contributed by atoms with Crippen molar-refractivity contribution in [3.05, 3.63) is 29.8 Å². The summed E-state index contributed by atoms with van der Waals surface area (Å²) in [5.41, 5.74) is 0.831. The van der Waals surface area contributed by atoms with Gasteiger partial charge in [-0.3, -0.25) is 9.69 Å². The van der Waals surface area contributed by atoms with Gasteiger partial charge in [0, 0.05) is 30.6 Å². The number of amides is 2. The molecule has 0 saturated carbocycles. The maximum Gasteiger partial charge on any atom is 0.411 e. The molecule has 1 aromatic rings. The molecular formula is C20H26N4O3S. The highest BCUT2D eigenvalue weighted by molar-refractivity contribution is 7.99. The molecule has 0 aromatic heterocycles. The number of hydrogen-bond acceptors (Lipinski definition) is 6. The molecule has 1 aromatic carbocycles. The molecule has 2 amide bonds. The van der Waals surface area contributed by atoms with Gasteiger partial charge in [-0.1, -0.05) is 0 Å². The lowest BCUT2D eigenvalue weighted by Crippen LogP contribution is -2.48. The van der Waals surface area contributed by atoms with Crippen LogP contribution in [0.15, 0.2) is 24.3 Å². The lowest BCUT2D eigenvalue weighted by Gasteiger charge is -2.29. The van der Waals surface area contributed by atoms with Crippen molar-refractivity contribution in [1.29, 1.82) is 5.26 Å². The zero-order valence-electron chi connectivity index (χ0n) is 16.5. The van der Waals surface area contributed by atoms with Crippen molar-refractivity contribution in [3.8, 4) is 6.07 Å². The molecule has 2 aliphatic rings. The molecule has 2 saturated heterocycles. The van der Waals surface area contributed by atoms with Crippen molar-refractivity contribution in [2.75, 3.05) is 30.0 Å². The molecular weight excluding hydrogens is 376 g/mol. The Balaban J connectivity index is 1.74. The van der Waals surface area contributed by atoms with E-state index in [9.17, 15) is 9.59 Å². The van der Waals surface area contributed by atoms with Crippen LogP contribution in [0.3, 0.4) is 0 Å². The highest BCUT2D eigenvalue weighted by Gasteiger charge is 2.43. The van der Waals surface area contributed by atoms with Crippen molar-refractivity contribution in [2.45, 2.75) is 44.9 Å². The number of rotatable bonds is 3. The number of likely N-dealkylation sites (tertiary alicyclic amines) is 1. The summed E-state index contributed by atoms with van der Waals surface area (Å²) in [5.74, 6) is 1.59. The van der Waals surface area contributed by atoms with E-state index in [1.807, 2.05) is 37.8 Å². The Kier molecular flexibility index (Phi) is 6.04. The largest absolute Gasteiger partial charge is 0.444 e. The van der Waals surface area contributed by atoms with E-state index >= 15 is 0 Å². The van der Waals surface area contributed by atoms with E-state index in [1.165, 1.54) is 0 Å². The summed E-state index contributed by atoms with van der Waals surface area (Å²) in [6.07, 6.45) is 0.0704. The van der Waals surface area contributed by atoms with Crippen LogP contribution in [0.5, 0.6) is 0 Å². The van der Waals surface area contributed by atoms with Gasteiger partial charge in [0.25, 0.3) is 0 Å².